The van der Waals surface area contributed by atoms with Gasteiger partial charge in [-0.1, -0.05) is 48.5 Å². The molecule has 0 amide bonds. The van der Waals surface area contributed by atoms with Crippen LogP contribution in [-0.2, 0) is 6.42 Å². The second kappa shape index (κ2) is 8.60. The molecule has 1 heterocycles. The summed E-state index contributed by atoms with van der Waals surface area (Å²) in [7, 11) is 2.17. The van der Waals surface area contributed by atoms with Gasteiger partial charge in [0.15, 0.2) is 0 Å². The number of fused-ring (bicyclic) bond motifs is 3. The first-order valence-corrected chi connectivity index (χ1v) is 11.7. The van der Waals surface area contributed by atoms with Crippen LogP contribution < -0.4 is 0 Å². The summed E-state index contributed by atoms with van der Waals surface area (Å²) in [5.41, 5.74) is 4.41. The molecule has 0 unspecified atom stereocenters. The van der Waals surface area contributed by atoms with E-state index in [1.54, 1.807) is 0 Å². The molecule has 2 bridgehead atoms. The van der Waals surface area contributed by atoms with E-state index in [1.807, 2.05) is 12.1 Å². The number of rotatable bonds is 8. The van der Waals surface area contributed by atoms with Crippen LogP contribution in [0.2, 0.25) is 0 Å². The van der Waals surface area contributed by atoms with Gasteiger partial charge in [-0.15, -0.1) is 0 Å². The minimum atomic E-state index is -0.547. The van der Waals surface area contributed by atoms with E-state index in [0.717, 1.165) is 62.1 Å². The Morgan fingerprint density at radius 1 is 1.06 bits per heavy atom. The summed E-state index contributed by atoms with van der Waals surface area (Å²) in [5, 5.41) is 11.5. The van der Waals surface area contributed by atoms with Crippen LogP contribution in [0, 0.1) is 11.8 Å². The smallest absolute Gasteiger partial charge is 0.107 e. The second-order valence-electron chi connectivity index (χ2n) is 9.53. The Bertz CT molecular complexity index is 1020. The Kier molecular flexibility index (Phi) is 5.68. The van der Waals surface area contributed by atoms with Crippen molar-refractivity contribution in [3.05, 3.63) is 72.1 Å². The first-order valence-electron chi connectivity index (χ1n) is 11.7. The van der Waals surface area contributed by atoms with Gasteiger partial charge in [-0.25, -0.2) is 4.98 Å². The molecular formula is C27H33N3O. The van der Waals surface area contributed by atoms with Crippen molar-refractivity contribution in [2.45, 2.75) is 44.1 Å². The summed E-state index contributed by atoms with van der Waals surface area (Å²) in [5.74, 6) is 1.85. The number of allylic oxidation sites excluding steroid dienone is 1. The highest BCUT2D eigenvalue weighted by Crippen LogP contribution is 2.51. The van der Waals surface area contributed by atoms with E-state index in [-0.39, 0.29) is 5.92 Å². The van der Waals surface area contributed by atoms with Gasteiger partial charge in [0, 0.05) is 18.9 Å². The van der Waals surface area contributed by atoms with E-state index in [0.29, 0.717) is 5.92 Å². The van der Waals surface area contributed by atoms with Crippen molar-refractivity contribution in [3.8, 4) is 0 Å². The van der Waals surface area contributed by atoms with Crippen LogP contribution in [-0.4, -0.2) is 45.7 Å². The maximum Gasteiger partial charge on any atom is 0.107 e. The zero-order chi connectivity index (χ0) is 21.3. The van der Waals surface area contributed by atoms with Crippen LogP contribution in [0.3, 0.4) is 0 Å². The van der Waals surface area contributed by atoms with Crippen molar-refractivity contribution in [3.63, 3.8) is 0 Å². The average molecular weight is 416 g/mol. The van der Waals surface area contributed by atoms with Gasteiger partial charge in [-0.2, -0.15) is 0 Å². The van der Waals surface area contributed by atoms with E-state index in [9.17, 15) is 5.11 Å². The van der Waals surface area contributed by atoms with Crippen molar-refractivity contribution in [1.82, 2.24) is 14.9 Å². The maximum atomic E-state index is 11.5. The molecule has 3 aromatic rings. The quantitative estimate of drug-likeness (QED) is 0.541. The summed E-state index contributed by atoms with van der Waals surface area (Å²) in [6, 6.07) is 18.9. The van der Waals surface area contributed by atoms with Crippen molar-refractivity contribution in [2.75, 3.05) is 20.1 Å². The van der Waals surface area contributed by atoms with E-state index in [4.69, 9.17) is 0 Å². The molecule has 0 aliphatic heterocycles. The van der Waals surface area contributed by atoms with Gasteiger partial charge in [-0.3, -0.25) is 0 Å². The Morgan fingerprint density at radius 3 is 2.65 bits per heavy atom. The number of hydrogen-bond acceptors (Lipinski definition) is 3. The van der Waals surface area contributed by atoms with Gasteiger partial charge in [0.2, 0.25) is 0 Å². The van der Waals surface area contributed by atoms with Crippen molar-refractivity contribution in [2.24, 2.45) is 11.8 Å². The fraction of sp³-hybridized carbons (Fsp3) is 0.444. The molecule has 1 aromatic heterocycles. The normalized spacial score (nSPS) is 25.3. The second-order valence-corrected chi connectivity index (χ2v) is 9.53. The highest BCUT2D eigenvalue weighted by Gasteiger charge is 2.46. The number of aromatic amines is 1. The van der Waals surface area contributed by atoms with Crippen molar-refractivity contribution >= 4 is 16.6 Å². The number of nitrogens with zero attached hydrogens (tertiary/aromatic N) is 2. The van der Waals surface area contributed by atoms with E-state index in [2.05, 4.69) is 70.5 Å². The molecule has 3 atom stereocenters. The Hall–Kier alpha value is -2.43. The third-order valence-electron chi connectivity index (χ3n) is 7.36. The van der Waals surface area contributed by atoms with Crippen LogP contribution in [0.5, 0.6) is 0 Å². The van der Waals surface area contributed by atoms with Crippen LogP contribution in [0.4, 0.5) is 0 Å². The fourth-order valence-electron chi connectivity index (χ4n) is 5.57. The molecule has 3 aliphatic rings. The predicted molar refractivity (Wildman–Crippen MR) is 127 cm³/mol. The molecule has 1 saturated carbocycles. The molecule has 2 aromatic carbocycles. The number of benzene rings is 2. The molecule has 0 radical (unpaired) electrons. The third-order valence-corrected chi connectivity index (χ3v) is 7.36. The van der Waals surface area contributed by atoms with Crippen LogP contribution in [0.1, 0.15) is 43.5 Å². The van der Waals surface area contributed by atoms with Crippen LogP contribution in [0.25, 0.3) is 16.6 Å². The number of hydrogen-bond donors (Lipinski definition) is 2. The number of nitrogens with one attached hydrogen (secondary N) is 1. The summed E-state index contributed by atoms with van der Waals surface area (Å²) in [4.78, 5) is 10.5. The first kappa shape index (κ1) is 20.5. The largest absolute Gasteiger partial charge is 0.389 e. The van der Waals surface area contributed by atoms with Gasteiger partial charge in [0.1, 0.15) is 5.82 Å². The number of imidazole rings is 1. The third kappa shape index (κ3) is 4.32. The van der Waals surface area contributed by atoms with Crippen molar-refractivity contribution < 1.29 is 5.11 Å². The average Bonchev–Trinajstić information content (AvgIpc) is 3.21. The minimum absolute atomic E-state index is 0.289. The number of aromatic nitrogens is 2. The van der Waals surface area contributed by atoms with Gasteiger partial charge in [0.05, 0.1) is 16.6 Å². The number of para-hydroxylation sites is 2. The summed E-state index contributed by atoms with van der Waals surface area (Å²) in [6.07, 6.45) is 8.50. The van der Waals surface area contributed by atoms with Crippen LogP contribution >= 0.6 is 0 Å². The zero-order valence-corrected chi connectivity index (χ0v) is 18.4. The molecule has 4 nitrogen and oxygen atoms in total. The Morgan fingerprint density at radius 2 is 1.87 bits per heavy atom. The molecular weight excluding hydrogens is 382 g/mol. The maximum absolute atomic E-state index is 11.5. The van der Waals surface area contributed by atoms with E-state index >= 15 is 0 Å². The molecule has 0 saturated heterocycles. The van der Waals surface area contributed by atoms with Gasteiger partial charge in [-0.05, 0) is 74.9 Å². The lowest BCUT2D eigenvalue weighted by Crippen LogP contribution is -2.48. The molecule has 0 spiro atoms. The lowest BCUT2D eigenvalue weighted by atomic mass is 9.61. The predicted octanol–water partition coefficient (Wildman–Crippen LogP) is 5.06. The monoisotopic (exact) mass is 415 g/mol. The number of aryl methyl sites for hydroxylation is 1. The topological polar surface area (TPSA) is 52.2 Å². The lowest BCUT2D eigenvalue weighted by molar-refractivity contribution is -0.0574. The van der Waals surface area contributed by atoms with Gasteiger partial charge in [0.25, 0.3) is 0 Å². The summed E-state index contributed by atoms with van der Waals surface area (Å²) < 4.78 is 0. The van der Waals surface area contributed by atoms with E-state index < -0.39 is 5.60 Å². The summed E-state index contributed by atoms with van der Waals surface area (Å²) in [6.45, 7) is 1.96. The summed E-state index contributed by atoms with van der Waals surface area (Å²) >= 11 is 0. The number of aliphatic hydroxyl groups is 1. The van der Waals surface area contributed by atoms with E-state index in [1.165, 1.54) is 17.6 Å². The van der Waals surface area contributed by atoms with Crippen LogP contribution in [0.15, 0.2) is 60.7 Å². The van der Waals surface area contributed by atoms with Gasteiger partial charge >= 0.3 is 0 Å². The Labute approximate surface area is 185 Å². The van der Waals surface area contributed by atoms with Gasteiger partial charge < -0.3 is 15.0 Å². The Balaban J connectivity index is 1.13. The molecule has 6 rings (SSSR count). The molecule has 1 fully saturated rings. The molecule has 162 valence electrons. The highest BCUT2D eigenvalue weighted by atomic mass is 16.3. The minimum Gasteiger partial charge on any atom is -0.389 e. The standard InChI is InChI=1S/C27H33N3O/c1-30(16-7-12-26-28-24-10-5-6-11-25(24)29-26)17-15-27(31)19-21-13-14-22(27)18-23(21)20-8-3-2-4-9-20/h2-6,8-11,18,21-22,31H,7,12-17,19H2,1H3,(H,28,29)/t21-,22+,27+/m0/s1. The fourth-order valence-corrected chi connectivity index (χ4v) is 5.57. The lowest BCUT2D eigenvalue weighted by Gasteiger charge is -2.48. The zero-order valence-electron chi connectivity index (χ0n) is 18.4. The SMILES string of the molecule is CN(CCCc1nc2ccccc2[nH]1)CC[C@@]1(O)C[C@@H]2CC[C@@H]1C=C2c1ccccc1. The molecule has 3 aliphatic carbocycles. The highest BCUT2D eigenvalue weighted by molar-refractivity contribution is 5.74. The molecule has 31 heavy (non-hydrogen) atoms. The number of H-pyrrole nitrogens is 1. The van der Waals surface area contributed by atoms with Crippen molar-refractivity contribution in [1.29, 1.82) is 0 Å². The molecule has 4 heteroatoms. The first-order chi connectivity index (χ1) is 15.1. The molecule has 2 N–H and O–H groups in total.